The molecule has 14 heavy (non-hydrogen) atoms. The lowest BCUT2D eigenvalue weighted by molar-refractivity contribution is 0.0660. The second kappa shape index (κ2) is 5.61. The van der Waals surface area contributed by atoms with Gasteiger partial charge in [-0.15, -0.1) is 0 Å². The van der Waals surface area contributed by atoms with Crippen LogP contribution in [0.1, 0.15) is 20.3 Å². The predicted octanol–water partition coefficient (Wildman–Crippen LogP) is 1.24. The number of hydrogen-bond donors (Lipinski definition) is 0. The third-order valence-corrected chi connectivity index (χ3v) is 2.55. The summed E-state index contributed by atoms with van der Waals surface area (Å²) < 4.78 is 5.26. The van der Waals surface area contributed by atoms with Gasteiger partial charge in [-0.2, -0.15) is 10.3 Å². The lowest BCUT2D eigenvalue weighted by atomic mass is 10.1. The fraction of sp³-hybridized carbons (Fsp3) is 0.800. The highest BCUT2D eigenvalue weighted by atomic mass is 16.5. The van der Waals surface area contributed by atoms with Crippen molar-refractivity contribution in [1.29, 1.82) is 5.26 Å². The maximum absolute atomic E-state index is 8.62. The van der Waals surface area contributed by atoms with E-state index in [1.165, 1.54) is 0 Å². The van der Waals surface area contributed by atoms with E-state index in [1.54, 1.807) is 0 Å². The highest BCUT2D eigenvalue weighted by Gasteiger charge is 2.19. The standard InChI is InChI=1S/C10H17N3O/c1-3-9(2)10(12-8-11)13-4-6-14-7-5-13/h9H,3-7H2,1-2H3. The van der Waals surface area contributed by atoms with E-state index in [2.05, 4.69) is 23.7 Å². The zero-order valence-electron chi connectivity index (χ0n) is 8.86. The Balaban J connectivity index is 2.67. The van der Waals surface area contributed by atoms with Crippen molar-refractivity contribution in [2.45, 2.75) is 20.3 Å². The zero-order chi connectivity index (χ0) is 10.4. The Bertz CT molecular complexity index is 238. The van der Waals surface area contributed by atoms with E-state index in [1.807, 2.05) is 6.19 Å². The van der Waals surface area contributed by atoms with E-state index in [9.17, 15) is 0 Å². The van der Waals surface area contributed by atoms with E-state index in [0.29, 0.717) is 5.92 Å². The molecular weight excluding hydrogens is 178 g/mol. The van der Waals surface area contributed by atoms with Gasteiger partial charge in [-0.05, 0) is 6.42 Å². The van der Waals surface area contributed by atoms with Gasteiger partial charge in [-0.1, -0.05) is 13.8 Å². The lowest BCUT2D eigenvalue weighted by Crippen LogP contribution is -2.43. The number of nitrogens with zero attached hydrogens (tertiary/aromatic N) is 3. The van der Waals surface area contributed by atoms with E-state index < -0.39 is 0 Å². The van der Waals surface area contributed by atoms with Crippen LogP contribution in [0.3, 0.4) is 0 Å². The molecule has 78 valence electrons. The van der Waals surface area contributed by atoms with Gasteiger partial charge in [-0.25, -0.2) is 0 Å². The van der Waals surface area contributed by atoms with E-state index >= 15 is 0 Å². The Kier molecular flexibility index (Phi) is 4.41. The third kappa shape index (κ3) is 2.71. The van der Waals surface area contributed by atoms with Crippen LogP contribution in [-0.2, 0) is 4.74 Å². The molecule has 1 aliphatic heterocycles. The third-order valence-electron chi connectivity index (χ3n) is 2.55. The fourth-order valence-electron chi connectivity index (χ4n) is 1.52. The van der Waals surface area contributed by atoms with Crippen molar-refractivity contribution >= 4 is 5.84 Å². The topological polar surface area (TPSA) is 48.6 Å². The van der Waals surface area contributed by atoms with Gasteiger partial charge in [0.05, 0.1) is 13.2 Å². The highest BCUT2D eigenvalue weighted by Crippen LogP contribution is 2.10. The quantitative estimate of drug-likeness (QED) is 0.378. The first kappa shape index (κ1) is 11.0. The molecule has 1 saturated heterocycles. The Morgan fingerprint density at radius 3 is 2.71 bits per heavy atom. The van der Waals surface area contributed by atoms with Crippen molar-refractivity contribution in [3.8, 4) is 6.19 Å². The Hall–Kier alpha value is -1.08. The van der Waals surface area contributed by atoms with Gasteiger partial charge >= 0.3 is 0 Å². The van der Waals surface area contributed by atoms with Gasteiger partial charge in [0.2, 0.25) is 6.19 Å². The molecule has 1 atom stereocenters. The molecule has 0 amide bonds. The van der Waals surface area contributed by atoms with Crippen molar-refractivity contribution in [3.05, 3.63) is 0 Å². The van der Waals surface area contributed by atoms with Crippen molar-refractivity contribution < 1.29 is 4.74 Å². The molecule has 1 rings (SSSR count). The number of hydrogen-bond acceptors (Lipinski definition) is 3. The summed E-state index contributed by atoms with van der Waals surface area (Å²) in [5.41, 5.74) is 0. The van der Waals surface area contributed by atoms with E-state index in [4.69, 9.17) is 10.00 Å². The summed E-state index contributed by atoms with van der Waals surface area (Å²) in [5.74, 6) is 1.27. The van der Waals surface area contributed by atoms with Crippen LogP contribution in [0, 0.1) is 17.4 Å². The van der Waals surface area contributed by atoms with Crippen LogP contribution in [0.5, 0.6) is 0 Å². The number of ether oxygens (including phenoxy) is 1. The average Bonchev–Trinajstić information content (AvgIpc) is 2.26. The first-order valence-corrected chi connectivity index (χ1v) is 5.09. The normalized spacial score (nSPS) is 20.4. The summed E-state index contributed by atoms with van der Waals surface area (Å²) in [5, 5.41) is 8.62. The molecule has 0 radical (unpaired) electrons. The lowest BCUT2D eigenvalue weighted by Gasteiger charge is -2.31. The summed E-state index contributed by atoms with van der Waals surface area (Å²) in [6.45, 7) is 7.39. The van der Waals surface area contributed by atoms with Gasteiger partial charge in [0, 0.05) is 19.0 Å². The van der Waals surface area contributed by atoms with Gasteiger partial charge < -0.3 is 9.64 Å². The van der Waals surface area contributed by atoms with Gasteiger partial charge in [-0.3, -0.25) is 0 Å². The molecule has 4 nitrogen and oxygen atoms in total. The van der Waals surface area contributed by atoms with Crippen LogP contribution < -0.4 is 0 Å². The van der Waals surface area contributed by atoms with Crippen molar-refractivity contribution in [1.82, 2.24) is 4.90 Å². The Morgan fingerprint density at radius 1 is 1.57 bits per heavy atom. The molecule has 0 N–H and O–H groups in total. The molecule has 0 aromatic carbocycles. The summed E-state index contributed by atoms with van der Waals surface area (Å²) in [6, 6.07) is 0. The molecule has 0 saturated carbocycles. The Morgan fingerprint density at radius 2 is 2.21 bits per heavy atom. The van der Waals surface area contributed by atoms with Crippen molar-refractivity contribution in [2.24, 2.45) is 10.9 Å². The summed E-state index contributed by atoms with van der Waals surface area (Å²) in [6.07, 6.45) is 2.90. The molecule has 1 heterocycles. The number of rotatable bonds is 2. The SMILES string of the molecule is CCC(C)C(=NC#N)N1CCOCC1. The van der Waals surface area contributed by atoms with Crippen molar-refractivity contribution in [3.63, 3.8) is 0 Å². The van der Waals surface area contributed by atoms with Gasteiger partial charge in [0.25, 0.3) is 0 Å². The van der Waals surface area contributed by atoms with Crippen LogP contribution in [0.15, 0.2) is 4.99 Å². The second-order valence-electron chi connectivity index (χ2n) is 3.48. The smallest absolute Gasteiger partial charge is 0.207 e. The molecule has 0 aromatic heterocycles. The fourth-order valence-corrected chi connectivity index (χ4v) is 1.52. The maximum Gasteiger partial charge on any atom is 0.207 e. The Labute approximate surface area is 85.2 Å². The molecule has 4 heteroatoms. The monoisotopic (exact) mass is 195 g/mol. The van der Waals surface area contributed by atoms with E-state index in [-0.39, 0.29) is 0 Å². The van der Waals surface area contributed by atoms with Crippen LogP contribution in [-0.4, -0.2) is 37.0 Å². The minimum Gasteiger partial charge on any atom is -0.378 e. The minimum absolute atomic E-state index is 0.354. The first-order chi connectivity index (χ1) is 6.79. The molecule has 0 aliphatic carbocycles. The predicted molar refractivity (Wildman–Crippen MR) is 54.9 cm³/mol. The summed E-state index contributed by atoms with van der Waals surface area (Å²) in [4.78, 5) is 6.06. The number of aliphatic imine (C=N–C) groups is 1. The zero-order valence-corrected chi connectivity index (χ0v) is 8.86. The summed E-state index contributed by atoms with van der Waals surface area (Å²) >= 11 is 0. The molecule has 1 aliphatic rings. The average molecular weight is 195 g/mol. The van der Waals surface area contributed by atoms with Crippen LogP contribution in [0.4, 0.5) is 0 Å². The van der Waals surface area contributed by atoms with E-state index in [0.717, 1.165) is 38.6 Å². The second-order valence-corrected chi connectivity index (χ2v) is 3.48. The van der Waals surface area contributed by atoms with Gasteiger partial charge in [0.1, 0.15) is 5.84 Å². The molecule has 0 spiro atoms. The van der Waals surface area contributed by atoms with Gasteiger partial charge in [0.15, 0.2) is 0 Å². The largest absolute Gasteiger partial charge is 0.378 e. The molecule has 1 fully saturated rings. The number of morpholine rings is 1. The highest BCUT2D eigenvalue weighted by molar-refractivity contribution is 5.85. The minimum atomic E-state index is 0.354. The van der Waals surface area contributed by atoms with Crippen molar-refractivity contribution in [2.75, 3.05) is 26.3 Å². The molecule has 0 bridgehead atoms. The molecular formula is C10H17N3O. The maximum atomic E-state index is 8.62. The van der Waals surface area contributed by atoms with Crippen LogP contribution in [0.25, 0.3) is 0 Å². The number of nitriles is 1. The first-order valence-electron chi connectivity index (χ1n) is 5.09. The van der Waals surface area contributed by atoms with Crippen LogP contribution >= 0.6 is 0 Å². The molecule has 1 unspecified atom stereocenters. The summed E-state index contributed by atoms with van der Waals surface area (Å²) in [7, 11) is 0. The molecule has 0 aromatic rings. The number of amidine groups is 1. The van der Waals surface area contributed by atoms with Crippen LogP contribution in [0.2, 0.25) is 0 Å².